The number of nitrogens with two attached hydrogens (primary N) is 1. The zero-order valence-corrected chi connectivity index (χ0v) is 15.7. The van der Waals surface area contributed by atoms with E-state index >= 15 is 0 Å². The van der Waals surface area contributed by atoms with E-state index in [-0.39, 0.29) is 0 Å². The third-order valence-electron chi connectivity index (χ3n) is 5.05. The minimum atomic E-state index is -0.446. The maximum atomic E-state index is 11.2. The largest absolute Gasteiger partial charge is 0.366 e. The molecule has 0 atom stereocenters. The fraction of sp³-hybridized carbons (Fsp3) is 0.227. The zero-order chi connectivity index (χ0) is 19.3. The summed E-state index contributed by atoms with van der Waals surface area (Å²) in [6.07, 6.45) is 3.37. The minimum absolute atomic E-state index is 0.441. The van der Waals surface area contributed by atoms with Crippen LogP contribution in [0.1, 0.15) is 15.9 Å². The number of hydrogen-bond donors (Lipinski definition) is 1. The van der Waals surface area contributed by atoms with Crippen molar-refractivity contribution in [3.05, 3.63) is 78.1 Å². The molecule has 0 saturated carbocycles. The number of aromatic nitrogens is 2. The molecule has 2 aromatic heterocycles. The van der Waals surface area contributed by atoms with Crippen LogP contribution < -0.4 is 10.6 Å². The second-order valence-corrected chi connectivity index (χ2v) is 6.94. The van der Waals surface area contributed by atoms with E-state index in [1.165, 1.54) is 5.56 Å². The molecule has 0 unspecified atom stereocenters. The second kappa shape index (κ2) is 8.19. The first-order valence-electron chi connectivity index (χ1n) is 9.42. The van der Waals surface area contributed by atoms with Gasteiger partial charge in [-0.2, -0.15) is 0 Å². The van der Waals surface area contributed by atoms with Crippen LogP contribution in [0.3, 0.4) is 0 Å². The average Bonchev–Trinajstić information content (AvgIpc) is 2.75. The fourth-order valence-corrected chi connectivity index (χ4v) is 3.43. The second-order valence-electron chi connectivity index (χ2n) is 6.94. The summed E-state index contributed by atoms with van der Waals surface area (Å²) in [5, 5.41) is 0. The predicted molar refractivity (Wildman–Crippen MR) is 110 cm³/mol. The number of piperazine rings is 1. The zero-order valence-electron chi connectivity index (χ0n) is 15.7. The summed E-state index contributed by atoms with van der Waals surface area (Å²) in [6, 6.07) is 18.2. The van der Waals surface area contributed by atoms with Gasteiger partial charge in [0.1, 0.15) is 5.82 Å². The highest BCUT2D eigenvalue weighted by atomic mass is 16.1. The Morgan fingerprint density at radius 2 is 1.71 bits per heavy atom. The Kier molecular flexibility index (Phi) is 5.30. The molecule has 1 amide bonds. The van der Waals surface area contributed by atoms with Crippen molar-refractivity contribution in [1.82, 2.24) is 14.9 Å². The van der Waals surface area contributed by atoms with Crippen LogP contribution in [0.15, 0.2) is 67.0 Å². The molecule has 28 heavy (non-hydrogen) atoms. The molecule has 4 rings (SSSR count). The van der Waals surface area contributed by atoms with Gasteiger partial charge in [0.2, 0.25) is 5.91 Å². The van der Waals surface area contributed by atoms with E-state index < -0.39 is 5.91 Å². The molecular weight excluding hydrogens is 350 g/mol. The Balaban J connectivity index is 1.32. The van der Waals surface area contributed by atoms with Gasteiger partial charge in [-0.3, -0.25) is 14.7 Å². The molecule has 2 N–H and O–H groups in total. The maximum Gasteiger partial charge on any atom is 0.250 e. The molecule has 0 bridgehead atoms. The third kappa shape index (κ3) is 4.18. The van der Waals surface area contributed by atoms with Gasteiger partial charge < -0.3 is 10.6 Å². The lowest BCUT2D eigenvalue weighted by Crippen LogP contribution is -2.46. The Morgan fingerprint density at radius 1 is 0.929 bits per heavy atom. The van der Waals surface area contributed by atoms with Gasteiger partial charge in [0.15, 0.2) is 0 Å². The van der Waals surface area contributed by atoms with E-state index in [1.54, 1.807) is 12.3 Å². The first kappa shape index (κ1) is 18.1. The molecule has 3 heterocycles. The topological polar surface area (TPSA) is 75.4 Å². The lowest BCUT2D eigenvalue weighted by Gasteiger charge is -2.35. The lowest BCUT2D eigenvalue weighted by molar-refractivity contribution is 0.1000. The smallest absolute Gasteiger partial charge is 0.250 e. The molecule has 1 fully saturated rings. The normalized spacial score (nSPS) is 14.8. The van der Waals surface area contributed by atoms with Crippen LogP contribution in [0.25, 0.3) is 11.3 Å². The number of pyridine rings is 2. The number of benzene rings is 1. The molecular formula is C22H23N5O. The molecule has 142 valence electrons. The summed E-state index contributed by atoms with van der Waals surface area (Å²) >= 11 is 0. The predicted octanol–water partition coefficient (Wildman–Crippen LogP) is 2.56. The summed E-state index contributed by atoms with van der Waals surface area (Å²) in [4.78, 5) is 24.6. The van der Waals surface area contributed by atoms with E-state index in [2.05, 4.69) is 44.0 Å². The SMILES string of the molecule is NC(=O)c1ccc(N2CCN(Cc3ccc(-c4ccccn4)cc3)CC2)nc1. The summed E-state index contributed by atoms with van der Waals surface area (Å²) in [5.41, 5.74) is 9.15. The first-order valence-corrected chi connectivity index (χ1v) is 9.42. The van der Waals surface area contributed by atoms with Crippen molar-refractivity contribution in [1.29, 1.82) is 0 Å². The van der Waals surface area contributed by atoms with Gasteiger partial charge in [-0.15, -0.1) is 0 Å². The summed E-state index contributed by atoms with van der Waals surface area (Å²) in [5.74, 6) is 0.447. The molecule has 1 aromatic carbocycles. The fourth-order valence-electron chi connectivity index (χ4n) is 3.43. The number of carbonyl (C=O) groups excluding carboxylic acids is 1. The van der Waals surface area contributed by atoms with Crippen molar-refractivity contribution in [2.24, 2.45) is 5.73 Å². The van der Waals surface area contributed by atoms with E-state index in [0.717, 1.165) is 49.8 Å². The van der Waals surface area contributed by atoms with Gasteiger partial charge in [0.25, 0.3) is 0 Å². The summed E-state index contributed by atoms with van der Waals surface area (Å²) in [6.45, 7) is 4.71. The molecule has 0 aliphatic carbocycles. The van der Waals surface area contributed by atoms with Gasteiger partial charge in [-0.05, 0) is 29.8 Å². The van der Waals surface area contributed by atoms with E-state index in [9.17, 15) is 4.79 Å². The van der Waals surface area contributed by atoms with Gasteiger partial charge in [-0.25, -0.2) is 4.98 Å². The van der Waals surface area contributed by atoms with E-state index in [0.29, 0.717) is 5.56 Å². The number of primary amides is 1. The van der Waals surface area contributed by atoms with Crippen LogP contribution in [0, 0.1) is 0 Å². The van der Waals surface area contributed by atoms with Gasteiger partial charge >= 0.3 is 0 Å². The van der Waals surface area contributed by atoms with Crippen molar-refractivity contribution < 1.29 is 4.79 Å². The molecule has 6 nitrogen and oxygen atoms in total. The minimum Gasteiger partial charge on any atom is -0.366 e. The molecule has 1 saturated heterocycles. The van der Waals surface area contributed by atoms with Crippen LogP contribution in [0.5, 0.6) is 0 Å². The standard InChI is InChI=1S/C22H23N5O/c23-22(28)19-8-9-21(25-15-19)27-13-11-26(12-14-27)16-17-4-6-18(7-5-17)20-3-1-2-10-24-20/h1-10,15H,11-14,16H2,(H2,23,28). The lowest BCUT2D eigenvalue weighted by atomic mass is 10.1. The summed E-state index contributed by atoms with van der Waals surface area (Å²) in [7, 11) is 0. The number of nitrogens with zero attached hydrogens (tertiary/aromatic N) is 4. The number of amides is 1. The molecule has 6 heteroatoms. The van der Waals surface area contributed by atoms with Crippen LogP contribution in [-0.2, 0) is 6.54 Å². The van der Waals surface area contributed by atoms with E-state index in [1.807, 2.05) is 30.5 Å². The highest BCUT2D eigenvalue weighted by Gasteiger charge is 2.18. The number of hydrogen-bond acceptors (Lipinski definition) is 5. The quantitative estimate of drug-likeness (QED) is 0.744. The third-order valence-corrected chi connectivity index (χ3v) is 5.05. The highest BCUT2D eigenvalue weighted by Crippen LogP contribution is 2.19. The average molecular weight is 373 g/mol. The molecule has 1 aliphatic rings. The van der Waals surface area contributed by atoms with Gasteiger partial charge in [0, 0.05) is 50.7 Å². The van der Waals surface area contributed by atoms with Crippen LogP contribution in [-0.4, -0.2) is 47.0 Å². The Labute approximate surface area is 164 Å². The van der Waals surface area contributed by atoms with Crippen molar-refractivity contribution >= 4 is 11.7 Å². The number of rotatable bonds is 5. The van der Waals surface area contributed by atoms with Crippen molar-refractivity contribution in [3.63, 3.8) is 0 Å². The molecule has 3 aromatic rings. The van der Waals surface area contributed by atoms with E-state index in [4.69, 9.17) is 5.73 Å². The van der Waals surface area contributed by atoms with Crippen molar-refractivity contribution in [3.8, 4) is 11.3 Å². The first-order chi connectivity index (χ1) is 13.7. The van der Waals surface area contributed by atoms with Crippen molar-refractivity contribution in [2.45, 2.75) is 6.54 Å². The van der Waals surface area contributed by atoms with Crippen LogP contribution >= 0.6 is 0 Å². The summed E-state index contributed by atoms with van der Waals surface area (Å²) < 4.78 is 0. The number of anilines is 1. The molecule has 0 spiro atoms. The van der Waals surface area contributed by atoms with Crippen LogP contribution in [0.2, 0.25) is 0 Å². The molecule has 1 aliphatic heterocycles. The highest BCUT2D eigenvalue weighted by molar-refractivity contribution is 5.92. The Hall–Kier alpha value is -3.25. The molecule has 0 radical (unpaired) electrons. The maximum absolute atomic E-state index is 11.2. The monoisotopic (exact) mass is 373 g/mol. The van der Waals surface area contributed by atoms with Gasteiger partial charge in [0.05, 0.1) is 11.3 Å². The Bertz CT molecular complexity index is 917. The van der Waals surface area contributed by atoms with Crippen LogP contribution in [0.4, 0.5) is 5.82 Å². The van der Waals surface area contributed by atoms with Crippen molar-refractivity contribution in [2.75, 3.05) is 31.1 Å². The Morgan fingerprint density at radius 3 is 2.32 bits per heavy atom. The van der Waals surface area contributed by atoms with Gasteiger partial charge in [-0.1, -0.05) is 30.3 Å². The number of carbonyl (C=O) groups is 1.